The summed E-state index contributed by atoms with van der Waals surface area (Å²) in [7, 11) is 1.83. The minimum absolute atomic E-state index is 0.0252. The van der Waals surface area contributed by atoms with Crippen LogP contribution in [0.5, 0.6) is 0 Å². The molecule has 1 atom stereocenters. The van der Waals surface area contributed by atoms with Gasteiger partial charge in [-0.25, -0.2) is 9.67 Å². The van der Waals surface area contributed by atoms with Crippen molar-refractivity contribution in [1.29, 1.82) is 0 Å². The second-order valence-corrected chi connectivity index (χ2v) is 7.84. The Hall–Kier alpha value is -3.13. The maximum absolute atomic E-state index is 11.5. The molecule has 0 fully saturated rings. The first-order chi connectivity index (χ1) is 13.5. The summed E-state index contributed by atoms with van der Waals surface area (Å²) in [6.07, 6.45) is 1.59. The number of aromatic amines is 1. The van der Waals surface area contributed by atoms with E-state index in [4.69, 9.17) is 4.52 Å². The van der Waals surface area contributed by atoms with Gasteiger partial charge in [0.25, 0.3) is 0 Å². The Labute approximate surface area is 165 Å². The highest BCUT2D eigenvalue weighted by molar-refractivity contribution is 7.99. The zero-order valence-corrected chi connectivity index (χ0v) is 16.5. The van der Waals surface area contributed by atoms with Crippen molar-refractivity contribution in [3.05, 3.63) is 70.3 Å². The largest absolute Gasteiger partial charge is 0.356 e. The van der Waals surface area contributed by atoms with Crippen LogP contribution in [0.1, 0.15) is 23.4 Å². The molecule has 28 heavy (non-hydrogen) atoms. The monoisotopic (exact) mass is 393 g/mol. The number of hydrogen-bond acceptors (Lipinski definition) is 6. The minimum atomic E-state index is -0.182. The van der Waals surface area contributed by atoms with Gasteiger partial charge in [-0.15, -0.1) is 0 Å². The molecule has 0 bridgehead atoms. The van der Waals surface area contributed by atoms with E-state index in [1.807, 2.05) is 45.2 Å². The average Bonchev–Trinajstić information content (AvgIpc) is 3.29. The van der Waals surface area contributed by atoms with Crippen LogP contribution < -0.4 is 5.56 Å². The fourth-order valence-electron chi connectivity index (χ4n) is 2.81. The standard InChI is InChI=1S/C20H19N5O2S/c1-12-5-4-6-14(9-12)17-11-16(24-27-17)13(2)28-20-22-19(23-25(20)3)15-7-8-21-18(26)10-15/h4-11,13H,1-3H3,(H,21,26)/t13-/m1/s1. The third kappa shape index (κ3) is 3.77. The molecule has 4 aromatic rings. The smallest absolute Gasteiger partial charge is 0.248 e. The molecule has 0 spiro atoms. The quantitative estimate of drug-likeness (QED) is 0.516. The van der Waals surface area contributed by atoms with Crippen LogP contribution >= 0.6 is 11.8 Å². The Kier molecular flexibility index (Phi) is 4.87. The van der Waals surface area contributed by atoms with E-state index >= 15 is 0 Å². The molecule has 0 saturated carbocycles. The van der Waals surface area contributed by atoms with Crippen molar-refractivity contribution >= 4 is 11.8 Å². The molecule has 0 amide bonds. The second kappa shape index (κ2) is 7.47. The molecule has 0 saturated heterocycles. The summed E-state index contributed by atoms with van der Waals surface area (Å²) in [4.78, 5) is 18.7. The van der Waals surface area contributed by atoms with Gasteiger partial charge in [-0.2, -0.15) is 5.10 Å². The molecule has 3 heterocycles. The number of nitrogens with one attached hydrogen (secondary N) is 1. The van der Waals surface area contributed by atoms with Crippen molar-refractivity contribution in [2.45, 2.75) is 24.3 Å². The molecule has 0 aliphatic heterocycles. The first-order valence-corrected chi connectivity index (χ1v) is 9.68. The van der Waals surface area contributed by atoms with Crippen LogP contribution in [0.25, 0.3) is 22.7 Å². The highest BCUT2D eigenvalue weighted by atomic mass is 32.2. The molecule has 4 rings (SSSR count). The van der Waals surface area contributed by atoms with E-state index in [2.05, 4.69) is 26.3 Å². The number of rotatable bonds is 5. The van der Waals surface area contributed by atoms with E-state index in [-0.39, 0.29) is 10.8 Å². The first-order valence-electron chi connectivity index (χ1n) is 8.80. The van der Waals surface area contributed by atoms with Crippen molar-refractivity contribution in [3.63, 3.8) is 0 Å². The van der Waals surface area contributed by atoms with Gasteiger partial charge in [-0.1, -0.05) is 40.7 Å². The third-order valence-corrected chi connectivity index (χ3v) is 5.45. The molecular weight excluding hydrogens is 374 g/mol. The maximum Gasteiger partial charge on any atom is 0.248 e. The Balaban J connectivity index is 1.54. The minimum Gasteiger partial charge on any atom is -0.356 e. The van der Waals surface area contributed by atoms with Crippen molar-refractivity contribution in [2.24, 2.45) is 7.05 Å². The zero-order chi connectivity index (χ0) is 19.7. The van der Waals surface area contributed by atoms with Gasteiger partial charge in [-0.05, 0) is 26.0 Å². The third-order valence-electron chi connectivity index (χ3n) is 4.29. The number of hydrogen-bond donors (Lipinski definition) is 1. The van der Waals surface area contributed by atoms with Gasteiger partial charge in [0.05, 0.1) is 10.9 Å². The van der Waals surface area contributed by atoms with Gasteiger partial charge in [0.15, 0.2) is 16.7 Å². The number of pyridine rings is 1. The molecule has 7 nitrogen and oxygen atoms in total. The van der Waals surface area contributed by atoms with Crippen molar-refractivity contribution in [2.75, 3.05) is 0 Å². The molecule has 1 aromatic carbocycles. The van der Waals surface area contributed by atoms with Crippen LogP contribution in [-0.4, -0.2) is 24.9 Å². The van der Waals surface area contributed by atoms with Gasteiger partial charge in [0, 0.05) is 36.5 Å². The van der Waals surface area contributed by atoms with Gasteiger partial charge in [-0.3, -0.25) is 4.79 Å². The van der Waals surface area contributed by atoms with E-state index in [1.54, 1.807) is 16.9 Å². The molecule has 0 unspecified atom stereocenters. The lowest BCUT2D eigenvalue weighted by Gasteiger charge is -2.05. The number of aromatic nitrogens is 5. The second-order valence-electron chi connectivity index (χ2n) is 6.53. The van der Waals surface area contributed by atoms with E-state index < -0.39 is 0 Å². The van der Waals surface area contributed by atoms with E-state index in [9.17, 15) is 4.79 Å². The van der Waals surface area contributed by atoms with Crippen LogP contribution in [0, 0.1) is 6.92 Å². The van der Waals surface area contributed by atoms with Crippen LogP contribution in [0.2, 0.25) is 0 Å². The molecular formula is C20H19N5O2S. The maximum atomic E-state index is 11.5. The predicted octanol–water partition coefficient (Wildman–Crippen LogP) is 3.99. The summed E-state index contributed by atoms with van der Waals surface area (Å²) in [6.45, 7) is 4.09. The lowest BCUT2D eigenvalue weighted by Crippen LogP contribution is -2.02. The summed E-state index contributed by atoms with van der Waals surface area (Å²) in [5.74, 6) is 1.26. The topological polar surface area (TPSA) is 89.6 Å². The predicted molar refractivity (Wildman–Crippen MR) is 108 cm³/mol. The van der Waals surface area contributed by atoms with Gasteiger partial charge < -0.3 is 9.51 Å². The van der Waals surface area contributed by atoms with Crippen molar-refractivity contribution in [1.82, 2.24) is 24.9 Å². The van der Waals surface area contributed by atoms with Crippen molar-refractivity contribution < 1.29 is 4.52 Å². The summed E-state index contributed by atoms with van der Waals surface area (Å²) in [5, 5.41) is 9.41. The van der Waals surface area contributed by atoms with E-state index in [1.165, 1.54) is 23.4 Å². The Morgan fingerprint density at radius 1 is 1.18 bits per heavy atom. The lowest BCUT2D eigenvalue weighted by atomic mass is 10.1. The Morgan fingerprint density at radius 3 is 2.82 bits per heavy atom. The number of benzene rings is 1. The molecule has 1 N–H and O–H groups in total. The Morgan fingerprint density at radius 2 is 2.04 bits per heavy atom. The highest BCUT2D eigenvalue weighted by Gasteiger charge is 2.18. The lowest BCUT2D eigenvalue weighted by molar-refractivity contribution is 0.424. The Bertz CT molecular complexity index is 1180. The molecule has 0 aliphatic rings. The summed E-state index contributed by atoms with van der Waals surface area (Å²) >= 11 is 1.54. The summed E-state index contributed by atoms with van der Waals surface area (Å²) in [5.41, 5.74) is 3.51. The first kappa shape index (κ1) is 18.2. The van der Waals surface area contributed by atoms with E-state index in [0.717, 1.165) is 22.2 Å². The summed E-state index contributed by atoms with van der Waals surface area (Å²) in [6, 6.07) is 13.3. The van der Waals surface area contributed by atoms with Crippen LogP contribution in [0.4, 0.5) is 0 Å². The number of aryl methyl sites for hydroxylation is 2. The van der Waals surface area contributed by atoms with Crippen LogP contribution in [0.3, 0.4) is 0 Å². The van der Waals surface area contributed by atoms with Crippen LogP contribution in [0.15, 0.2) is 63.1 Å². The molecule has 0 aliphatic carbocycles. The number of H-pyrrole nitrogens is 1. The average molecular weight is 393 g/mol. The number of nitrogens with zero attached hydrogens (tertiary/aromatic N) is 4. The van der Waals surface area contributed by atoms with Gasteiger partial charge >= 0.3 is 0 Å². The summed E-state index contributed by atoms with van der Waals surface area (Å²) < 4.78 is 7.25. The van der Waals surface area contributed by atoms with Gasteiger partial charge in [0.1, 0.15) is 0 Å². The van der Waals surface area contributed by atoms with Crippen LogP contribution in [-0.2, 0) is 7.05 Å². The molecule has 3 aromatic heterocycles. The fourth-order valence-corrected chi connectivity index (χ4v) is 3.69. The fraction of sp³-hybridized carbons (Fsp3) is 0.200. The normalized spacial score (nSPS) is 12.2. The SMILES string of the molecule is Cc1cccc(-c2cc([C@@H](C)Sc3nc(-c4cc[nH]c(=O)c4)nn3C)no2)c1. The van der Waals surface area contributed by atoms with E-state index in [0.29, 0.717) is 11.4 Å². The highest BCUT2D eigenvalue weighted by Crippen LogP contribution is 2.35. The molecule has 8 heteroatoms. The zero-order valence-electron chi connectivity index (χ0n) is 15.7. The van der Waals surface area contributed by atoms with Crippen molar-refractivity contribution in [3.8, 4) is 22.7 Å². The number of thioether (sulfide) groups is 1. The van der Waals surface area contributed by atoms with Gasteiger partial charge in [0.2, 0.25) is 5.56 Å². The molecule has 0 radical (unpaired) electrons. The molecule has 142 valence electrons.